The van der Waals surface area contributed by atoms with Crippen LogP contribution in [0.1, 0.15) is 106 Å². The van der Waals surface area contributed by atoms with Crippen LogP contribution in [0.5, 0.6) is 0 Å². The minimum absolute atomic E-state index is 0.0360. The van der Waals surface area contributed by atoms with E-state index in [4.69, 9.17) is 13.3 Å². The van der Waals surface area contributed by atoms with E-state index in [1.165, 1.54) is 10.4 Å². The molecule has 56 heavy (non-hydrogen) atoms. The van der Waals surface area contributed by atoms with Crippen molar-refractivity contribution in [3.05, 3.63) is 96.6 Å². The molecule has 3 aliphatic carbocycles. The second kappa shape index (κ2) is 15.7. The lowest BCUT2D eigenvalue weighted by molar-refractivity contribution is -0.167. The van der Waals surface area contributed by atoms with Gasteiger partial charge in [-0.25, -0.2) is 0 Å². The molecule has 3 aromatic rings. The fourth-order valence-electron chi connectivity index (χ4n) is 11.3. The van der Waals surface area contributed by atoms with Crippen LogP contribution in [0.25, 0.3) is 0 Å². The summed E-state index contributed by atoms with van der Waals surface area (Å²) in [5.74, 6) is -0.287. The maximum absolute atomic E-state index is 13.4. The number of esters is 1. The summed E-state index contributed by atoms with van der Waals surface area (Å²) in [6.45, 7) is 17.5. The van der Waals surface area contributed by atoms with Gasteiger partial charge in [-0.15, -0.1) is 0 Å². The predicted molar refractivity (Wildman–Crippen MR) is 227 cm³/mol. The van der Waals surface area contributed by atoms with E-state index >= 15 is 0 Å². The van der Waals surface area contributed by atoms with Gasteiger partial charge in [0.1, 0.15) is 0 Å². The average molecular weight is 803 g/mol. The van der Waals surface area contributed by atoms with Gasteiger partial charge in [0.15, 0.2) is 0 Å². The first kappa shape index (κ1) is 42.8. The lowest BCUT2D eigenvalue weighted by Gasteiger charge is -2.59. The molecule has 0 bridgehead atoms. The zero-order valence-corrected chi connectivity index (χ0v) is 37.0. The summed E-state index contributed by atoms with van der Waals surface area (Å²) in [5.41, 5.74) is -1.55. The van der Waals surface area contributed by atoms with E-state index in [0.29, 0.717) is 12.8 Å². The number of ether oxygens (including phenoxy) is 1. The van der Waals surface area contributed by atoms with Gasteiger partial charge in [0.05, 0.1) is 30.5 Å². The van der Waals surface area contributed by atoms with E-state index in [2.05, 4.69) is 95.3 Å². The van der Waals surface area contributed by atoms with E-state index in [-0.39, 0.29) is 59.4 Å². The van der Waals surface area contributed by atoms with Gasteiger partial charge >= 0.3 is 5.97 Å². The molecule has 0 unspecified atom stereocenters. The standard InChI is InChI=1S/C47H66O7SSi/c1-43(2,3)42(48)52-32-35-31-36(54-56(44(4,5)6,37-21-15-11-16-22-37)38-23-17-12-18-24-38)25-28-45(35,7)40-26-29-46(8)41(39(40)33-53-55(9,50)51)27-30-47(46,49)34-19-13-10-14-20-34/h10-24,35-36,39-41,49H,25-33H2,1-9H3/t35-,36+,39-,40+,41+,45+,46+,47-/m1/s1. The highest BCUT2D eigenvalue weighted by Crippen LogP contribution is 2.67. The minimum atomic E-state index is -3.72. The normalized spacial score (nSPS) is 31.4. The molecular weight excluding hydrogens is 737 g/mol. The molecule has 3 aliphatic rings. The van der Waals surface area contributed by atoms with Crippen LogP contribution in [0.4, 0.5) is 0 Å². The number of aliphatic hydroxyl groups is 1. The maximum Gasteiger partial charge on any atom is 0.311 e. The van der Waals surface area contributed by atoms with Crippen molar-refractivity contribution in [1.82, 2.24) is 0 Å². The highest BCUT2D eigenvalue weighted by atomic mass is 32.2. The SMILES string of the molecule is CC(C)(C)C(=O)OC[C@H]1C[C@@H](O[Si](c2ccccc2)(c2ccccc2)C(C)(C)C)CC[C@]1(C)[C@H]1CC[C@@]2(C)[C@@H](CC[C@@]2(O)c2ccccc2)[C@@H]1COS(C)(=O)=O. The van der Waals surface area contributed by atoms with E-state index < -0.39 is 34.9 Å². The Balaban J connectivity index is 1.39. The maximum atomic E-state index is 13.4. The Morgan fingerprint density at radius 1 is 0.768 bits per heavy atom. The molecule has 1 N–H and O–H groups in total. The van der Waals surface area contributed by atoms with Crippen LogP contribution in [-0.2, 0) is 33.9 Å². The van der Waals surface area contributed by atoms with Crippen LogP contribution in [0, 0.1) is 39.9 Å². The Morgan fingerprint density at radius 3 is 1.82 bits per heavy atom. The summed E-state index contributed by atoms with van der Waals surface area (Å²) in [6.07, 6.45) is 6.41. The number of benzene rings is 3. The second-order valence-corrected chi connectivity index (χ2v) is 25.7. The third-order valence-electron chi connectivity index (χ3n) is 14.4. The molecule has 3 saturated carbocycles. The molecule has 0 aliphatic heterocycles. The molecule has 3 aromatic carbocycles. The molecule has 306 valence electrons. The van der Waals surface area contributed by atoms with Crippen LogP contribution in [0.3, 0.4) is 0 Å². The van der Waals surface area contributed by atoms with Gasteiger partial charge in [0, 0.05) is 17.4 Å². The van der Waals surface area contributed by atoms with Crippen molar-refractivity contribution in [2.45, 2.75) is 117 Å². The molecule has 0 heterocycles. The molecular formula is C47H66O7SSi. The van der Waals surface area contributed by atoms with Gasteiger partial charge in [0.2, 0.25) is 0 Å². The number of fused-ring (bicyclic) bond motifs is 1. The first-order chi connectivity index (χ1) is 26.2. The van der Waals surface area contributed by atoms with Crippen molar-refractivity contribution >= 4 is 34.8 Å². The smallest absolute Gasteiger partial charge is 0.311 e. The molecule has 0 spiro atoms. The zero-order chi connectivity index (χ0) is 40.8. The Bertz CT molecular complexity index is 1870. The average Bonchev–Trinajstić information content (AvgIpc) is 3.43. The first-order valence-electron chi connectivity index (χ1n) is 20.7. The molecule has 6 rings (SSSR count). The van der Waals surface area contributed by atoms with Gasteiger partial charge in [-0.05, 0) is 110 Å². The largest absolute Gasteiger partial charge is 0.465 e. The van der Waals surface area contributed by atoms with E-state index in [1.54, 1.807) is 0 Å². The van der Waals surface area contributed by atoms with Crippen LogP contribution in [0.2, 0.25) is 5.04 Å². The molecule has 9 heteroatoms. The first-order valence-corrected chi connectivity index (χ1v) is 24.5. The van der Waals surface area contributed by atoms with E-state index in [0.717, 1.165) is 43.9 Å². The van der Waals surface area contributed by atoms with Crippen LogP contribution < -0.4 is 10.4 Å². The number of hydrogen-bond donors (Lipinski definition) is 1. The van der Waals surface area contributed by atoms with Crippen molar-refractivity contribution < 1.29 is 31.7 Å². The van der Waals surface area contributed by atoms with Crippen LogP contribution in [-0.4, -0.2) is 53.4 Å². The molecule has 0 aromatic heterocycles. The van der Waals surface area contributed by atoms with Gasteiger partial charge in [-0.2, -0.15) is 8.42 Å². The van der Waals surface area contributed by atoms with Crippen molar-refractivity contribution in [3.63, 3.8) is 0 Å². The van der Waals surface area contributed by atoms with E-state index in [9.17, 15) is 18.3 Å². The minimum Gasteiger partial charge on any atom is -0.465 e. The third-order valence-corrected chi connectivity index (χ3v) is 20.1. The van der Waals surface area contributed by atoms with Crippen molar-refractivity contribution in [1.29, 1.82) is 0 Å². The molecule has 3 fully saturated rings. The molecule has 0 saturated heterocycles. The topological polar surface area (TPSA) is 99.1 Å². The summed E-state index contributed by atoms with van der Waals surface area (Å²) in [7, 11) is -6.59. The lowest BCUT2D eigenvalue weighted by atomic mass is 9.48. The Labute approximate surface area is 338 Å². The monoisotopic (exact) mass is 802 g/mol. The van der Waals surface area contributed by atoms with E-state index in [1.807, 2.05) is 51.1 Å². The van der Waals surface area contributed by atoms with Gasteiger partial charge in [-0.1, -0.05) is 126 Å². The zero-order valence-electron chi connectivity index (χ0n) is 35.2. The summed E-state index contributed by atoms with van der Waals surface area (Å²) in [6, 6.07) is 31.5. The molecule has 8 atom stereocenters. The third kappa shape index (κ3) is 7.97. The van der Waals surface area contributed by atoms with Crippen LogP contribution >= 0.6 is 0 Å². The summed E-state index contributed by atoms with van der Waals surface area (Å²) in [4.78, 5) is 13.4. The molecule has 0 radical (unpaired) electrons. The highest BCUT2D eigenvalue weighted by molar-refractivity contribution is 7.85. The summed E-state index contributed by atoms with van der Waals surface area (Å²) >= 11 is 0. The number of carbonyl (C=O) groups excluding carboxylic acids is 1. The predicted octanol–water partition coefficient (Wildman–Crippen LogP) is 8.63. The van der Waals surface area contributed by atoms with Crippen molar-refractivity contribution in [2.24, 2.45) is 39.9 Å². The molecule has 7 nitrogen and oxygen atoms in total. The van der Waals surface area contributed by atoms with Gasteiger partial charge in [0.25, 0.3) is 18.4 Å². The second-order valence-electron chi connectivity index (χ2n) is 19.8. The van der Waals surface area contributed by atoms with Gasteiger partial charge < -0.3 is 14.3 Å². The fraction of sp³-hybridized carbons (Fsp3) is 0.596. The Kier molecular flexibility index (Phi) is 12.0. The summed E-state index contributed by atoms with van der Waals surface area (Å²) < 4.78 is 45.0. The van der Waals surface area contributed by atoms with Crippen molar-refractivity contribution in [3.8, 4) is 0 Å². The Hall–Kier alpha value is -2.82. The highest BCUT2D eigenvalue weighted by Gasteiger charge is 2.64. The quantitative estimate of drug-likeness (QED) is 0.118. The summed E-state index contributed by atoms with van der Waals surface area (Å²) in [5, 5.41) is 14.8. The number of carbonyl (C=O) groups is 1. The van der Waals surface area contributed by atoms with Crippen molar-refractivity contribution in [2.75, 3.05) is 19.5 Å². The van der Waals surface area contributed by atoms with Gasteiger partial charge in [-0.3, -0.25) is 8.98 Å². The molecule has 0 amide bonds. The fourth-order valence-corrected chi connectivity index (χ4v) is 16.4. The lowest BCUT2D eigenvalue weighted by Crippen LogP contribution is -2.68. The van der Waals surface area contributed by atoms with Crippen LogP contribution in [0.15, 0.2) is 91.0 Å². The Morgan fingerprint density at radius 2 is 1.30 bits per heavy atom. The number of rotatable bonds is 11. The number of hydrogen-bond acceptors (Lipinski definition) is 7.